The molecule has 2 heterocycles. The smallest absolute Gasteiger partial charge is 0.248 e. The average molecular weight is 421 g/mol. The predicted octanol–water partition coefficient (Wildman–Crippen LogP) is 1.22. The van der Waals surface area contributed by atoms with Crippen molar-refractivity contribution in [3.8, 4) is 0 Å². The van der Waals surface area contributed by atoms with E-state index in [0.29, 0.717) is 30.4 Å². The zero-order valence-corrected chi connectivity index (χ0v) is 16.5. The van der Waals surface area contributed by atoms with Crippen molar-refractivity contribution in [3.63, 3.8) is 0 Å². The highest BCUT2D eigenvalue weighted by Crippen LogP contribution is 2.36. The second-order valence-electron chi connectivity index (χ2n) is 6.93. The fraction of sp³-hybridized carbons (Fsp3) is 0.444. The quantitative estimate of drug-likeness (QED) is 0.390. The third kappa shape index (κ3) is 4.11. The van der Waals surface area contributed by atoms with Crippen molar-refractivity contribution in [2.45, 2.75) is 22.6 Å². The molecule has 0 unspecified atom stereocenters. The van der Waals surface area contributed by atoms with Crippen LogP contribution in [-0.2, 0) is 16.0 Å². The average Bonchev–Trinajstić information content (AvgIpc) is 3.11. The van der Waals surface area contributed by atoms with Gasteiger partial charge in [-0.05, 0) is 40.0 Å². The van der Waals surface area contributed by atoms with Gasteiger partial charge in [-0.25, -0.2) is 9.02 Å². The molecule has 29 heavy (non-hydrogen) atoms. The van der Waals surface area contributed by atoms with E-state index in [2.05, 4.69) is 20.8 Å². The van der Waals surface area contributed by atoms with Gasteiger partial charge in [-0.2, -0.15) is 0 Å². The van der Waals surface area contributed by atoms with Crippen LogP contribution in [0.2, 0.25) is 0 Å². The number of fused-ring (bicyclic) bond motifs is 1. The van der Waals surface area contributed by atoms with Crippen LogP contribution < -0.4 is 5.48 Å². The first kappa shape index (κ1) is 19.8. The van der Waals surface area contributed by atoms with E-state index in [9.17, 15) is 14.4 Å². The van der Waals surface area contributed by atoms with Crippen LogP contribution in [0, 0.1) is 5.82 Å². The topological polar surface area (TPSA) is 113 Å². The van der Waals surface area contributed by atoms with Gasteiger partial charge in [0.05, 0.1) is 0 Å². The maximum atomic E-state index is 13.4. The SMILES string of the molecule is COCC(=O)N1CC(Sc2nonc2C(=NC[C@H]2Cc3ccc(F)cc32)NO)C1. The zero-order valence-electron chi connectivity index (χ0n) is 15.7. The first-order chi connectivity index (χ1) is 14.1. The Morgan fingerprint density at radius 3 is 3.07 bits per heavy atom. The van der Waals surface area contributed by atoms with Crippen LogP contribution in [0.3, 0.4) is 0 Å². The second-order valence-corrected chi connectivity index (χ2v) is 8.22. The van der Waals surface area contributed by atoms with E-state index in [0.717, 1.165) is 17.5 Å². The number of benzene rings is 1. The van der Waals surface area contributed by atoms with E-state index < -0.39 is 0 Å². The van der Waals surface area contributed by atoms with Crippen LogP contribution in [0.4, 0.5) is 4.39 Å². The number of rotatable bonds is 7. The number of nitrogens with one attached hydrogen (secondary N) is 1. The van der Waals surface area contributed by atoms with Crippen LogP contribution in [-0.4, -0.2) is 70.8 Å². The van der Waals surface area contributed by atoms with Crippen LogP contribution in [0.1, 0.15) is 22.7 Å². The number of methoxy groups -OCH3 is 1. The van der Waals surface area contributed by atoms with E-state index >= 15 is 0 Å². The molecule has 1 aliphatic carbocycles. The Balaban J connectivity index is 1.38. The highest BCUT2D eigenvalue weighted by Gasteiger charge is 2.33. The van der Waals surface area contributed by atoms with Gasteiger partial charge in [-0.3, -0.25) is 20.5 Å². The Kier molecular flexibility index (Phi) is 5.79. The van der Waals surface area contributed by atoms with Gasteiger partial charge in [-0.15, -0.1) is 0 Å². The first-order valence-electron chi connectivity index (χ1n) is 9.08. The Hall–Kier alpha value is -2.50. The van der Waals surface area contributed by atoms with Crippen molar-refractivity contribution in [3.05, 3.63) is 40.8 Å². The number of hydrogen-bond donors (Lipinski definition) is 2. The van der Waals surface area contributed by atoms with Gasteiger partial charge in [0.2, 0.25) is 5.91 Å². The molecule has 1 aromatic carbocycles. The highest BCUT2D eigenvalue weighted by molar-refractivity contribution is 8.00. The minimum absolute atomic E-state index is 0.0562. The summed E-state index contributed by atoms with van der Waals surface area (Å²) in [6.07, 6.45) is 0.809. The number of amidine groups is 1. The number of hydroxylamine groups is 1. The molecule has 1 aliphatic heterocycles. The lowest BCUT2D eigenvalue weighted by Crippen LogP contribution is -2.53. The fourth-order valence-corrected chi connectivity index (χ4v) is 4.54. The van der Waals surface area contributed by atoms with E-state index in [1.807, 2.05) is 0 Å². The summed E-state index contributed by atoms with van der Waals surface area (Å²) in [6.45, 7) is 1.58. The molecule has 9 nitrogen and oxygen atoms in total. The molecule has 1 aromatic heterocycles. The van der Waals surface area contributed by atoms with E-state index in [-0.39, 0.29) is 35.3 Å². The summed E-state index contributed by atoms with van der Waals surface area (Å²) < 4.78 is 23.1. The number of nitrogens with zero attached hydrogens (tertiary/aromatic N) is 4. The number of aromatic nitrogens is 2. The molecule has 4 rings (SSSR count). The molecule has 2 aromatic rings. The molecule has 0 radical (unpaired) electrons. The van der Waals surface area contributed by atoms with Gasteiger partial charge < -0.3 is 9.64 Å². The van der Waals surface area contributed by atoms with Crippen molar-refractivity contribution in [2.75, 3.05) is 33.4 Å². The molecule has 11 heteroatoms. The molecule has 0 bridgehead atoms. The molecule has 2 aliphatic rings. The molecular formula is C18H20FN5O4S. The van der Waals surface area contributed by atoms with Crippen molar-refractivity contribution in [1.82, 2.24) is 20.7 Å². The van der Waals surface area contributed by atoms with Crippen LogP contribution >= 0.6 is 11.8 Å². The molecule has 2 N–H and O–H groups in total. The third-order valence-corrected chi connectivity index (χ3v) is 6.14. The van der Waals surface area contributed by atoms with Gasteiger partial charge in [0.15, 0.2) is 16.6 Å². The standard InChI is InChI=1S/C18H20FN5O4S/c1-27-9-15(25)24-7-13(8-24)29-18-16(22-28-23-18)17(21-26)20-6-11-4-10-2-3-12(19)5-14(10)11/h2-3,5,11,13,26H,4,6-9H2,1H3,(H,20,21)/t11-/m1/s1. The van der Waals surface area contributed by atoms with Crippen molar-refractivity contribution < 1.29 is 23.8 Å². The summed E-state index contributed by atoms with van der Waals surface area (Å²) in [4.78, 5) is 17.8. The number of thioether (sulfide) groups is 1. The van der Waals surface area contributed by atoms with E-state index in [4.69, 9.17) is 9.37 Å². The van der Waals surface area contributed by atoms with Gasteiger partial charge in [-0.1, -0.05) is 17.8 Å². The molecule has 0 spiro atoms. The largest absolute Gasteiger partial charge is 0.375 e. The maximum absolute atomic E-state index is 13.4. The monoisotopic (exact) mass is 421 g/mol. The molecular weight excluding hydrogens is 401 g/mol. The van der Waals surface area contributed by atoms with Crippen LogP contribution in [0.5, 0.6) is 0 Å². The molecule has 0 saturated carbocycles. The number of hydrogen-bond acceptors (Lipinski definition) is 8. The van der Waals surface area contributed by atoms with Crippen molar-refractivity contribution >= 4 is 23.5 Å². The number of aliphatic imine (C=N–C) groups is 1. The Labute approximate surface area is 170 Å². The predicted molar refractivity (Wildman–Crippen MR) is 102 cm³/mol. The second kappa shape index (κ2) is 8.47. The zero-order chi connectivity index (χ0) is 20.4. The van der Waals surface area contributed by atoms with Crippen LogP contribution in [0.25, 0.3) is 0 Å². The number of ether oxygens (including phenoxy) is 1. The number of halogens is 1. The Morgan fingerprint density at radius 1 is 1.48 bits per heavy atom. The normalized spacial score (nSPS) is 18.8. The summed E-state index contributed by atoms with van der Waals surface area (Å²) in [5.74, 6) is -0.0903. The first-order valence-corrected chi connectivity index (χ1v) is 9.96. The fourth-order valence-electron chi connectivity index (χ4n) is 3.40. The molecule has 1 saturated heterocycles. The number of amides is 1. The third-order valence-electron chi connectivity index (χ3n) is 5.02. The molecule has 1 amide bonds. The van der Waals surface area contributed by atoms with Gasteiger partial charge >= 0.3 is 0 Å². The number of likely N-dealkylation sites (tertiary alicyclic amines) is 1. The van der Waals surface area contributed by atoms with Gasteiger partial charge in [0.1, 0.15) is 12.4 Å². The van der Waals surface area contributed by atoms with Gasteiger partial charge in [0, 0.05) is 37.9 Å². The van der Waals surface area contributed by atoms with E-state index in [1.165, 1.54) is 31.0 Å². The maximum Gasteiger partial charge on any atom is 0.248 e. The minimum Gasteiger partial charge on any atom is -0.375 e. The van der Waals surface area contributed by atoms with Crippen LogP contribution in [0.15, 0.2) is 32.8 Å². The molecule has 154 valence electrons. The van der Waals surface area contributed by atoms with Crippen molar-refractivity contribution in [2.24, 2.45) is 4.99 Å². The van der Waals surface area contributed by atoms with Crippen molar-refractivity contribution in [1.29, 1.82) is 0 Å². The highest BCUT2D eigenvalue weighted by atomic mass is 32.2. The summed E-state index contributed by atoms with van der Waals surface area (Å²) in [5.41, 5.74) is 4.41. The van der Waals surface area contributed by atoms with E-state index in [1.54, 1.807) is 11.0 Å². The Morgan fingerprint density at radius 2 is 2.31 bits per heavy atom. The number of carbonyl (C=O) groups excluding carboxylic acids is 1. The Bertz CT molecular complexity index is 931. The summed E-state index contributed by atoms with van der Waals surface area (Å²) >= 11 is 1.41. The lowest BCUT2D eigenvalue weighted by Gasteiger charge is -2.38. The summed E-state index contributed by atoms with van der Waals surface area (Å²) in [5, 5.41) is 17.9. The lowest BCUT2D eigenvalue weighted by molar-refractivity contribution is -0.138. The van der Waals surface area contributed by atoms with Gasteiger partial charge in [0.25, 0.3) is 0 Å². The molecule has 1 atom stereocenters. The molecule has 1 fully saturated rings. The summed E-state index contributed by atoms with van der Waals surface area (Å²) in [7, 11) is 1.48. The lowest BCUT2D eigenvalue weighted by atomic mass is 9.77. The number of carbonyl (C=O) groups is 1. The summed E-state index contributed by atoms with van der Waals surface area (Å²) in [6, 6.07) is 4.76. The minimum atomic E-state index is -0.268.